The summed E-state index contributed by atoms with van der Waals surface area (Å²) in [6.07, 6.45) is 2.36. The van der Waals surface area contributed by atoms with E-state index in [0.29, 0.717) is 6.42 Å². The molecule has 0 fully saturated rings. The molecule has 0 aromatic heterocycles. The largest absolute Gasteiger partial charge is 0.372 e. The molecule has 0 bridgehead atoms. The van der Waals surface area contributed by atoms with Crippen molar-refractivity contribution in [3.63, 3.8) is 0 Å². The standard InChI is InChI=1S/C18H25NO/c1-6-19(7-2)14-8-9-16-13(10-14)11-15(20)12-17(16)18(3,4)5/h8-10,12H,6-7,11H2,1-5H3. The van der Waals surface area contributed by atoms with E-state index in [4.69, 9.17) is 0 Å². The number of hydrogen-bond acceptors (Lipinski definition) is 2. The Labute approximate surface area is 122 Å². The monoisotopic (exact) mass is 271 g/mol. The van der Waals surface area contributed by atoms with Crippen molar-refractivity contribution >= 4 is 17.0 Å². The fraction of sp³-hybridized carbons (Fsp3) is 0.500. The molecule has 20 heavy (non-hydrogen) atoms. The lowest BCUT2D eigenvalue weighted by molar-refractivity contribution is -0.114. The average Bonchev–Trinajstić information content (AvgIpc) is 2.37. The molecule has 0 radical (unpaired) electrons. The first-order chi connectivity index (χ1) is 9.36. The molecular weight excluding hydrogens is 246 g/mol. The zero-order valence-electron chi connectivity index (χ0n) is 13.3. The summed E-state index contributed by atoms with van der Waals surface area (Å²) in [6, 6.07) is 6.56. The first-order valence-electron chi connectivity index (χ1n) is 7.50. The predicted molar refractivity (Wildman–Crippen MR) is 86.1 cm³/mol. The summed E-state index contributed by atoms with van der Waals surface area (Å²) in [7, 11) is 0. The third-order valence-electron chi connectivity index (χ3n) is 3.99. The quantitative estimate of drug-likeness (QED) is 0.825. The Bertz CT molecular complexity index is 545. The summed E-state index contributed by atoms with van der Waals surface area (Å²) < 4.78 is 0. The number of ketones is 1. The minimum absolute atomic E-state index is 0.00153. The van der Waals surface area contributed by atoms with Crippen LogP contribution in [0.1, 0.15) is 45.7 Å². The Hall–Kier alpha value is -1.57. The third-order valence-corrected chi connectivity index (χ3v) is 3.99. The van der Waals surface area contributed by atoms with Gasteiger partial charge in [0, 0.05) is 25.2 Å². The molecule has 2 heteroatoms. The van der Waals surface area contributed by atoms with Gasteiger partial charge in [-0.05, 0) is 54.2 Å². The van der Waals surface area contributed by atoms with Gasteiger partial charge in [0.1, 0.15) is 0 Å². The van der Waals surface area contributed by atoms with Crippen molar-refractivity contribution in [3.05, 3.63) is 35.4 Å². The number of benzene rings is 1. The molecule has 1 aliphatic rings. The van der Waals surface area contributed by atoms with Gasteiger partial charge < -0.3 is 4.90 Å². The first-order valence-corrected chi connectivity index (χ1v) is 7.50. The van der Waals surface area contributed by atoms with Crippen LogP contribution in [0.3, 0.4) is 0 Å². The molecule has 1 aromatic rings. The maximum absolute atomic E-state index is 12.0. The molecule has 0 saturated heterocycles. The zero-order valence-corrected chi connectivity index (χ0v) is 13.3. The second-order valence-corrected chi connectivity index (χ2v) is 6.46. The Kier molecular flexibility index (Phi) is 4.03. The fourth-order valence-corrected chi connectivity index (χ4v) is 2.87. The Balaban J connectivity index is 2.49. The van der Waals surface area contributed by atoms with E-state index >= 15 is 0 Å². The number of allylic oxidation sites excluding steroid dienone is 2. The Morgan fingerprint density at radius 2 is 1.80 bits per heavy atom. The summed E-state index contributed by atoms with van der Waals surface area (Å²) in [5, 5.41) is 0. The lowest BCUT2D eigenvalue weighted by Gasteiger charge is -2.29. The summed E-state index contributed by atoms with van der Waals surface area (Å²) in [5.41, 5.74) is 4.80. The molecule has 108 valence electrons. The zero-order chi connectivity index (χ0) is 14.9. The number of nitrogens with zero attached hydrogens (tertiary/aromatic N) is 1. The molecule has 0 spiro atoms. The lowest BCUT2D eigenvalue weighted by atomic mass is 9.76. The van der Waals surface area contributed by atoms with Crippen molar-refractivity contribution in [2.45, 2.75) is 41.0 Å². The molecule has 0 saturated carbocycles. The maximum Gasteiger partial charge on any atom is 0.160 e. The number of carbonyl (C=O) groups excluding carboxylic acids is 1. The second kappa shape index (κ2) is 5.43. The molecule has 0 aliphatic heterocycles. The number of carbonyl (C=O) groups is 1. The molecule has 0 atom stereocenters. The summed E-state index contributed by atoms with van der Waals surface area (Å²) >= 11 is 0. The van der Waals surface area contributed by atoms with Crippen LogP contribution in [-0.2, 0) is 11.2 Å². The van der Waals surface area contributed by atoms with Gasteiger partial charge in [0.25, 0.3) is 0 Å². The van der Waals surface area contributed by atoms with Crippen LogP contribution in [0.2, 0.25) is 0 Å². The van der Waals surface area contributed by atoms with E-state index in [0.717, 1.165) is 18.7 Å². The summed E-state index contributed by atoms with van der Waals surface area (Å²) in [4.78, 5) is 14.3. The highest BCUT2D eigenvalue weighted by Crippen LogP contribution is 2.39. The number of fused-ring (bicyclic) bond motifs is 1. The van der Waals surface area contributed by atoms with Gasteiger partial charge in [0.05, 0.1) is 0 Å². The second-order valence-electron chi connectivity index (χ2n) is 6.46. The SMILES string of the molecule is CCN(CC)c1ccc2c(c1)CC(=O)C=C2C(C)(C)C. The van der Waals surface area contributed by atoms with Gasteiger partial charge in [0.15, 0.2) is 5.78 Å². The van der Waals surface area contributed by atoms with Crippen LogP contribution >= 0.6 is 0 Å². The normalized spacial score (nSPS) is 14.8. The van der Waals surface area contributed by atoms with E-state index in [1.807, 2.05) is 6.08 Å². The van der Waals surface area contributed by atoms with Crippen LogP contribution in [0.15, 0.2) is 24.3 Å². The predicted octanol–water partition coefficient (Wildman–Crippen LogP) is 4.09. The molecule has 0 heterocycles. The van der Waals surface area contributed by atoms with Crippen LogP contribution in [0, 0.1) is 5.41 Å². The van der Waals surface area contributed by atoms with Gasteiger partial charge in [-0.25, -0.2) is 0 Å². The fourth-order valence-electron chi connectivity index (χ4n) is 2.87. The first kappa shape index (κ1) is 14.8. The van der Waals surface area contributed by atoms with Gasteiger partial charge in [-0.2, -0.15) is 0 Å². The molecular formula is C18H25NO. The van der Waals surface area contributed by atoms with Gasteiger partial charge in [-0.1, -0.05) is 26.8 Å². The van der Waals surface area contributed by atoms with Crippen LogP contribution in [0.25, 0.3) is 5.57 Å². The minimum Gasteiger partial charge on any atom is -0.372 e. The van der Waals surface area contributed by atoms with E-state index in [1.54, 1.807) is 0 Å². The lowest BCUT2D eigenvalue weighted by Crippen LogP contribution is -2.23. The van der Waals surface area contributed by atoms with E-state index in [2.05, 4.69) is 57.7 Å². The molecule has 2 rings (SSSR count). The van der Waals surface area contributed by atoms with Gasteiger partial charge >= 0.3 is 0 Å². The van der Waals surface area contributed by atoms with Gasteiger partial charge in [-0.3, -0.25) is 4.79 Å². The smallest absolute Gasteiger partial charge is 0.160 e. The topological polar surface area (TPSA) is 20.3 Å². The van der Waals surface area contributed by atoms with Gasteiger partial charge in [-0.15, -0.1) is 0 Å². The van der Waals surface area contributed by atoms with Crippen molar-refractivity contribution in [2.24, 2.45) is 5.41 Å². The molecule has 1 aromatic carbocycles. The molecule has 2 nitrogen and oxygen atoms in total. The van der Waals surface area contributed by atoms with Crippen molar-refractivity contribution in [1.29, 1.82) is 0 Å². The van der Waals surface area contributed by atoms with Crippen LogP contribution < -0.4 is 4.90 Å². The van der Waals surface area contributed by atoms with Crippen molar-refractivity contribution in [2.75, 3.05) is 18.0 Å². The minimum atomic E-state index is 0.00153. The van der Waals surface area contributed by atoms with Crippen molar-refractivity contribution in [3.8, 4) is 0 Å². The van der Waals surface area contributed by atoms with Gasteiger partial charge in [0.2, 0.25) is 0 Å². The third kappa shape index (κ3) is 2.79. The van der Waals surface area contributed by atoms with Crippen LogP contribution in [-0.4, -0.2) is 18.9 Å². The van der Waals surface area contributed by atoms with Crippen molar-refractivity contribution in [1.82, 2.24) is 0 Å². The average molecular weight is 271 g/mol. The highest BCUT2D eigenvalue weighted by molar-refractivity contribution is 6.03. The van der Waals surface area contributed by atoms with E-state index < -0.39 is 0 Å². The summed E-state index contributed by atoms with van der Waals surface area (Å²) in [6.45, 7) is 12.8. The number of hydrogen-bond donors (Lipinski definition) is 0. The van der Waals surface area contributed by atoms with Crippen LogP contribution in [0.5, 0.6) is 0 Å². The van der Waals surface area contributed by atoms with Crippen molar-refractivity contribution < 1.29 is 4.79 Å². The number of rotatable bonds is 3. The highest BCUT2D eigenvalue weighted by Gasteiger charge is 2.26. The molecule has 0 unspecified atom stereocenters. The Morgan fingerprint density at radius 1 is 1.15 bits per heavy atom. The van der Waals surface area contributed by atoms with E-state index in [-0.39, 0.29) is 11.2 Å². The van der Waals surface area contributed by atoms with E-state index in [9.17, 15) is 4.79 Å². The molecule has 1 aliphatic carbocycles. The molecule has 0 amide bonds. The van der Waals surface area contributed by atoms with Crippen LogP contribution in [0.4, 0.5) is 5.69 Å². The maximum atomic E-state index is 12.0. The summed E-state index contributed by atoms with van der Waals surface area (Å²) in [5.74, 6) is 0.221. The van der Waals surface area contributed by atoms with E-state index in [1.165, 1.54) is 16.8 Å². The highest BCUT2D eigenvalue weighted by atomic mass is 16.1. The number of anilines is 1. The Morgan fingerprint density at radius 3 is 2.35 bits per heavy atom. The molecule has 0 N–H and O–H groups in total.